The van der Waals surface area contributed by atoms with Crippen molar-refractivity contribution in [2.24, 2.45) is 0 Å². The number of aromatic nitrogens is 3. The summed E-state index contributed by atoms with van der Waals surface area (Å²) in [4.78, 5) is 15.1. The summed E-state index contributed by atoms with van der Waals surface area (Å²) >= 11 is 11.5. The average molecular weight is 332 g/mol. The fraction of sp³-hybridized carbons (Fsp3) is 0.308. The van der Waals surface area contributed by atoms with Crippen LogP contribution >= 0.6 is 23.2 Å². The van der Waals surface area contributed by atoms with E-state index in [2.05, 4.69) is 10.1 Å². The van der Waals surface area contributed by atoms with Crippen molar-refractivity contribution in [2.45, 2.75) is 26.2 Å². The summed E-state index contributed by atoms with van der Waals surface area (Å²) in [7, 11) is 0. The van der Waals surface area contributed by atoms with Crippen LogP contribution in [0, 0.1) is 5.82 Å². The summed E-state index contributed by atoms with van der Waals surface area (Å²) in [5.74, 6) is -1.94. The van der Waals surface area contributed by atoms with Crippen LogP contribution in [0.1, 0.15) is 37.2 Å². The van der Waals surface area contributed by atoms with E-state index in [0.29, 0.717) is 11.5 Å². The van der Waals surface area contributed by atoms with Gasteiger partial charge in [0.25, 0.3) is 5.82 Å². The molecular weight excluding hydrogens is 320 g/mol. The topological polar surface area (TPSA) is 68.0 Å². The molecule has 0 fully saturated rings. The molecule has 2 aromatic rings. The molecule has 0 saturated heterocycles. The molecule has 0 saturated carbocycles. The van der Waals surface area contributed by atoms with Crippen molar-refractivity contribution < 1.29 is 14.3 Å². The van der Waals surface area contributed by atoms with Gasteiger partial charge in [-0.3, -0.25) is 0 Å². The van der Waals surface area contributed by atoms with E-state index in [-0.39, 0.29) is 15.9 Å². The predicted molar refractivity (Wildman–Crippen MR) is 77.0 cm³/mol. The molecule has 0 amide bonds. The van der Waals surface area contributed by atoms with E-state index < -0.39 is 17.2 Å². The quantitative estimate of drug-likeness (QED) is 0.852. The Balaban J connectivity index is 2.71. The zero-order chi connectivity index (χ0) is 15.9. The van der Waals surface area contributed by atoms with Crippen molar-refractivity contribution >= 4 is 29.2 Å². The minimum atomic E-state index is -1.25. The van der Waals surface area contributed by atoms with Gasteiger partial charge in [0, 0.05) is 5.41 Å². The molecule has 0 aliphatic heterocycles. The number of carbonyl (C=O) groups is 1. The lowest BCUT2D eigenvalue weighted by Crippen LogP contribution is -2.19. The summed E-state index contributed by atoms with van der Waals surface area (Å²) < 4.78 is 14.8. The Morgan fingerprint density at radius 1 is 1.29 bits per heavy atom. The van der Waals surface area contributed by atoms with E-state index in [4.69, 9.17) is 28.3 Å². The van der Waals surface area contributed by atoms with Gasteiger partial charge in [0.1, 0.15) is 5.82 Å². The highest BCUT2D eigenvalue weighted by Gasteiger charge is 2.26. The molecule has 8 heteroatoms. The first-order valence-electron chi connectivity index (χ1n) is 5.97. The summed E-state index contributed by atoms with van der Waals surface area (Å²) in [5, 5.41) is 12.6. The second kappa shape index (κ2) is 5.27. The van der Waals surface area contributed by atoms with Crippen molar-refractivity contribution in [3.63, 3.8) is 0 Å². The lowest BCUT2D eigenvalue weighted by Gasteiger charge is -2.18. The first-order valence-corrected chi connectivity index (χ1v) is 6.72. The Hall–Kier alpha value is -1.66. The van der Waals surface area contributed by atoms with Crippen LogP contribution in [-0.2, 0) is 5.41 Å². The Kier molecular flexibility index (Phi) is 3.95. The molecule has 1 N–H and O–H groups in total. The van der Waals surface area contributed by atoms with Gasteiger partial charge in [-0.1, -0.05) is 44.0 Å². The van der Waals surface area contributed by atoms with Crippen LogP contribution < -0.4 is 0 Å². The van der Waals surface area contributed by atoms with Gasteiger partial charge in [0.05, 0.1) is 15.7 Å². The third-order valence-electron chi connectivity index (χ3n) is 2.68. The van der Waals surface area contributed by atoms with Crippen molar-refractivity contribution in [3.05, 3.63) is 39.6 Å². The maximum absolute atomic E-state index is 13.5. The van der Waals surface area contributed by atoms with Gasteiger partial charge in [-0.05, 0) is 12.1 Å². The van der Waals surface area contributed by atoms with Gasteiger partial charge in [0.15, 0.2) is 5.82 Å². The molecule has 0 aliphatic carbocycles. The lowest BCUT2D eigenvalue weighted by molar-refractivity contribution is 0.0683. The molecule has 0 radical (unpaired) electrons. The molecule has 0 spiro atoms. The van der Waals surface area contributed by atoms with Crippen LogP contribution in [0.5, 0.6) is 0 Å². The molecule has 1 aromatic carbocycles. The van der Waals surface area contributed by atoms with Crippen molar-refractivity contribution in [3.8, 4) is 5.69 Å². The van der Waals surface area contributed by atoms with E-state index in [1.54, 1.807) is 0 Å². The first-order chi connectivity index (χ1) is 9.61. The molecule has 0 atom stereocenters. The van der Waals surface area contributed by atoms with E-state index in [0.717, 1.165) is 0 Å². The Labute approximate surface area is 130 Å². The second-order valence-corrected chi connectivity index (χ2v) is 6.26. The zero-order valence-electron chi connectivity index (χ0n) is 11.5. The number of aromatic carboxylic acids is 1. The molecule has 0 bridgehead atoms. The van der Waals surface area contributed by atoms with Gasteiger partial charge < -0.3 is 5.11 Å². The summed E-state index contributed by atoms with van der Waals surface area (Å²) in [6, 6.07) is 2.64. The van der Waals surface area contributed by atoms with Crippen LogP contribution in [0.4, 0.5) is 4.39 Å². The molecule has 21 heavy (non-hydrogen) atoms. The summed E-state index contributed by atoms with van der Waals surface area (Å²) in [6.45, 7) is 5.56. The monoisotopic (exact) mass is 331 g/mol. The number of nitrogens with zero attached hydrogens (tertiary/aromatic N) is 3. The highest BCUT2D eigenvalue weighted by molar-refractivity contribution is 6.35. The molecule has 112 valence electrons. The maximum atomic E-state index is 13.5. The van der Waals surface area contributed by atoms with Crippen molar-refractivity contribution in [2.75, 3.05) is 0 Å². The molecule has 2 rings (SSSR count). The van der Waals surface area contributed by atoms with E-state index in [9.17, 15) is 9.18 Å². The Bertz CT molecular complexity index is 700. The molecule has 0 aliphatic rings. The average Bonchev–Trinajstić information content (AvgIpc) is 2.80. The van der Waals surface area contributed by atoms with Crippen LogP contribution in [-0.4, -0.2) is 25.8 Å². The number of hydrogen-bond donors (Lipinski definition) is 1. The number of carboxylic acids is 1. The van der Waals surface area contributed by atoms with Gasteiger partial charge in [-0.2, -0.15) is 0 Å². The molecule has 1 aromatic heterocycles. The van der Waals surface area contributed by atoms with Gasteiger partial charge in [-0.15, -0.1) is 5.10 Å². The maximum Gasteiger partial charge on any atom is 0.375 e. The zero-order valence-corrected chi connectivity index (χ0v) is 13.0. The molecular formula is C13H12Cl2FN3O2. The highest BCUT2D eigenvalue weighted by Crippen LogP contribution is 2.29. The number of hydrogen-bond acceptors (Lipinski definition) is 3. The Morgan fingerprint density at radius 3 is 2.24 bits per heavy atom. The normalized spacial score (nSPS) is 11.7. The van der Waals surface area contributed by atoms with E-state index in [1.165, 1.54) is 16.8 Å². The third kappa shape index (κ3) is 3.01. The number of halogens is 3. The number of benzene rings is 1. The Morgan fingerprint density at radius 2 is 1.81 bits per heavy atom. The van der Waals surface area contributed by atoms with E-state index in [1.807, 2.05) is 20.8 Å². The minimum absolute atomic E-state index is 0.176. The summed E-state index contributed by atoms with van der Waals surface area (Å²) in [6.07, 6.45) is 0. The molecule has 0 unspecified atom stereocenters. The standard InChI is InChI=1S/C13H12Cl2FN3O2/c1-13(2,3)12-17-10(11(20)21)18-19(12)6-4-7(14)9(16)8(15)5-6/h4-5H,1-3H3,(H,20,21). The van der Waals surface area contributed by atoms with Crippen LogP contribution in [0.15, 0.2) is 12.1 Å². The van der Waals surface area contributed by atoms with Crippen LogP contribution in [0.25, 0.3) is 5.69 Å². The van der Waals surface area contributed by atoms with Gasteiger partial charge in [-0.25, -0.2) is 18.9 Å². The first kappa shape index (κ1) is 15.7. The van der Waals surface area contributed by atoms with Crippen molar-refractivity contribution in [1.29, 1.82) is 0 Å². The SMILES string of the molecule is CC(C)(C)c1nc(C(=O)O)nn1-c1cc(Cl)c(F)c(Cl)c1. The fourth-order valence-corrected chi connectivity index (χ4v) is 2.21. The summed E-state index contributed by atoms with van der Waals surface area (Å²) in [5.41, 5.74) is -0.134. The van der Waals surface area contributed by atoms with E-state index >= 15 is 0 Å². The molecule has 1 heterocycles. The smallest absolute Gasteiger partial charge is 0.375 e. The van der Waals surface area contributed by atoms with Crippen LogP contribution in [0.3, 0.4) is 0 Å². The minimum Gasteiger partial charge on any atom is -0.475 e. The number of rotatable bonds is 2. The highest BCUT2D eigenvalue weighted by atomic mass is 35.5. The predicted octanol–water partition coefficient (Wildman–Crippen LogP) is 3.71. The second-order valence-electron chi connectivity index (χ2n) is 5.45. The fourth-order valence-electron chi connectivity index (χ4n) is 1.73. The van der Waals surface area contributed by atoms with Gasteiger partial charge in [0.2, 0.25) is 0 Å². The third-order valence-corrected chi connectivity index (χ3v) is 3.23. The molecule has 5 nitrogen and oxygen atoms in total. The lowest BCUT2D eigenvalue weighted by atomic mass is 9.95. The number of carboxylic acid groups (broad SMARTS) is 1. The van der Waals surface area contributed by atoms with Crippen molar-refractivity contribution in [1.82, 2.24) is 14.8 Å². The van der Waals surface area contributed by atoms with Crippen LogP contribution in [0.2, 0.25) is 10.0 Å². The largest absolute Gasteiger partial charge is 0.475 e. The van der Waals surface area contributed by atoms with Gasteiger partial charge >= 0.3 is 5.97 Å².